The Balaban J connectivity index is 2.12. The van der Waals surface area contributed by atoms with Gasteiger partial charge < -0.3 is 10.0 Å². The van der Waals surface area contributed by atoms with Crippen LogP contribution in [-0.2, 0) is 6.54 Å². The van der Waals surface area contributed by atoms with E-state index in [9.17, 15) is 9.90 Å². The molecule has 0 saturated carbocycles. The van der Waals surface area contributed by atoms with Crippen molar-refractivity contribution in [2.75, 3.05) is 7.05 Å². The molecule has 1 aromatic heterocycles. The lowest BCUT2D eigenvalue weighted by Crippen LogP contribution is -2.26. The van der Waals surface area contributed by atoms with Crippen molar-refractivity contribution in [1.82, 2.24) is 9.88 Å². The largest absolute Gasteiger partial charge is 0.508 e. The number of hydrogen-bond acceptors (Lipinski definition) is 3. The smallest absolute Gasteiger partial charge is 0.253 e. The monoisotopic (exact) mass is 256 g/mol. The Kier molecular flexibility index (Phi) is 3.80. The zero-order valence-corrected chi connectivity index (χ0v) is 11.0. The van der Waals surface area contributed by atoms with Crippen molar-refractivity contribution < 1.29 is 9.90 Å². The van der Waals surface area contributed by atoms with E-state index in [0.29, 0.717) is 17.7 Å². The number of phenols is 1. The number of pyridine rings is 1. The minimum Gasteiger partial charge on any atom is -0.508 e. The second-order valence-corrected chi connectivity index (χ2v) is 4.52. The summed E-state index contributed by atoms with van der Waals surface area (Å²) in [6.45, 7) is 2.30. The highest BCUT2D eigenvalue weighted by molar-refractivity contribution is 5.94. The Morgan fingerprint density at radius 1 is 1.26 bits per heavy atom. The van der Waals surface area contributed by atoms with Gasteiger partial charge in [-0.3, -0.25) is 9.78 Å². The summed E-state index contributed by atoms with van der Waals surface area (Å²) in [5, 5.41) is 9.47. The van der Waals surface area contributed by atoms with E-state index >= 15 is 0 Å². The van der Waals surface area contributed by atoms with Gasteiger partial charge in [-0.1, -0.05) is 0 Å². The summed E-state index contributed by atoms with van der Waals surface area (Å²) in [6, 6.07) is 8.63. The molecule has 0 atom stereocenters. The fourth-order valence-electron chi connectivity index (χ4n) is 1.84. The Hall–Kier alpha value is -2.36. The van der Waals surface area contributed by atoms with Gasteiger partial charge in [-0.15, -0.1) is 0 Å². The number of carbonyl (C=O) groups excluding carboxylic acids is 1. The molecule has 1 N–H and O–H groups in total. The standard InChI is InChI=1S/C15H16N2O2/c1-11-9-13(3-4-14(11)18)15(19)17(2)10-12-5-7-16-8-6-12/h3-9,18H,10H2,1-2H3. The molecule has 1 aromatic carbocycles. The van der Waals surface area contributed by atoms with Crippen LogP contribution in [0.5, 0.6) is 5.75 Å². The summed E-state index contributed by atoms with van der Waals surface area (Å²) in [5.74, 6) is 0.133. The molecule has 0 fully saturated rings. The van der Waals surface area contributed by atoms with Crippen molar-refractivity contribution in [3.8, 4) is 5.75 Å². The number of aromatic nitrogens is 1. The van der Waals surface area contributed by atoms with Gasteiger partial charge in [0.15, 0.2) is 0 Å². The molecule has 19 heavy (non-hydrogen) atoms. The maximum absolute atomic E-state index is 12.2. The average Bonchev–Trinajstić information content (AvgIpc) is 2.42. The van der Waals surface area contributed by atoms with Crippen molar-refractivity contribution in [3.63, 3.8) is 0 Å². The number of rotatable bonds is 3. The molecule has 2 aromatic rings. The fourth-order valence-corrected chi connectivity index (χ4v) is 1.84. The van der Waals surface area contributed by atoms with Gasteiger partial charge in [-0.25, -0.2) is 0 Å². The fraction of sp³-hybridized carbons (Fsp3) is 0.200. The maximum atomic E-state index is 12.2. The van der Waals surface area contributed by atoms with Gasteiger partial charge in [0.05, 0.1) is 0 Å². The first kappa shape index (κ1) is 13.1. The van der Waals surface area contributed by atoms with Crippen LogP contribution in [0.3, 0.4) is 0 Å². The van der Waals surface area contributed by atoms with Crippen molar-refractivity contribution >= 4 is 5.91 Å². The normalized spacial score (nSPS) is 10.2. The van der Waals surface area contributed by atoms with Crippen LogP contribution in [0.25, 0.3) is 0 Å². The third-order valence-electron chi connectivity index (χ3n) is 2.96. The van der Waals surface area contributed by atoms with E-state index in [0.717, 1.165) is 5.56 Å². The second kappa shape index (κ2) is 5.52. The molecule has 1 amide bonds. The SMILES string of the molecule is Cc1cc(C(=O)N(C)Cc2ccncc2)ccc1O. The maximum Gasteiger partial charge on any atom is 0.253 e. The Bertz CT molecular complexity index is 582. The van der Waals surface area contributed by atoms with E-state index in [4.69, 9.17) is 0 Å². The van der Waals surface area contributed by atoms with Crippen LogP contribution >= 0.6 is 0 Å². The molecule has 98 valence electrons. The molecule has 4 heteroatoms. The van der Waals surface area contributed by atoms with Crippen molar-refractivity contribution in [1.29, 1.82) is 0 Å². The number of benzene rings is 1. The quantitative estimate of drug-likeness (QED) is 0.917. The minimum atomic E-state index is -0.0695. The molecular formula is C15H16N2O2. The van der Waals surface area contributed by atoms with Crippen molar-refractivity contribution in [2.24, 2.45) is 0 Å². The first-order chi connectivity index (χ1) is 9.08. The highest BCUT2D eigenvalue weighted by Crippen LogP contribution is 2.18. The summed E-state index contributed by atoms with van der Waals surface area (Å²) >= 11 is 0. The van der Waals surface area contributed by atoms with Crippen LogP contribution in [0.1, 0.15) is 21.5 Å². The van der Waals surface area contributed by atoms with Crippen LogP contribution in [-0.4, -0.2) is 27.9 Å². The Morgan fingerprint density at radius 3 is 2.58 bits per heavy atom. The van der Waals surface area contributed by atoms with Crippen LogP contribution in [0, 0.1) is 6.92 Å². The lowest BCUT2D eigenvalue weighted by molar-refractivity contribution is 0.0785. The Morgan fingerprint density at radius 2 is 1.95 bits per heavy atom. The van der Waals surface area contributed by atoms with Gasteiger partial charge in [0, 0.05) is 31.5 Å². The van der Waals surface area contributed by atoms with E-state index in [1.807, 2.05) is 12.1 Å². The van der Waals surface area contributed by atoms with Gasteiger partial charge in [0.25, 0.3) is 5.91 Å². The molecule has 0 aliphatic carbocycles. The van der Waals surface area contributed by atoms with E-state index in [1.54, 1.807) is 49.5 Å². The third kappa shape index (κ3) is 3.10. The number of carbonyl (C=O) groups is 1. The lowest BCUT2D eigenvalue weighted by atomic mass is 10.1. The molecule has 0 bridgehead atoms. The van der Waals surface area contributed by atoms with Crippen LogP contribution in [0.15, 0.2) is 42.7 Å². The molecule has 2 rings (SSSR count). The van der Waals surface area contributed by atoms with Crippen molar-refractivity contribution in [2.45, 2.75) is 13.5 Å². The van der Waals surface area contributed by atoms with Crippen LogP contribution in [0.4, 0.5) is 0 Å². The van der Waals surface area contributed by atoms with Crippen LogP contribution in [0.2, 0.25) is 0 Å². The van der Waals surface area contributed by atoms with Gasteiger partial charge in [-0.05, 0) is 48.4 Å². The molecule has 1 heterocycles. The molecule has 0 spiro atoms. The first-order valence-corrected chi connectivity index (χ1v) is 6.02. The number of amides is 1. The van der Waals surface area contributed by atoms with Gasteiger partial charge in [-0.2, -0.15) is 0 Å². The molecule has 4 nitrogen and oxygen atoms in total. The molecule has 0 radical (unpaired) electrons. The number of aryl methyl sites for hydroxylation is 1. The summed E-state index contributed by atoms with van der Waals surface area (Å²) in [4.78, 5) is 17.8. The minimum absolute atomic E-state index is 0.0695. The topological polar surface area (TPSA) is 53.4 Å². The number of hydrogen-bond donors (Lipinski definition) is 1. The summed E-state index contributed by atoms with van der Waals surface area (Å²) in [7, 11) is 1.75. The molecule has 0 unspecified atom stereocenters. The molecule has 0 aliphatic rings. The predicted octanol–water partition coefficient (Wildman–Crippen LogP) is 2.37. The average molecular weight is 256 g/mol. The summed E-state index contributed by atoms with van der Waals surface area (Å²) in [5.41, 5.74) is 2.30. The number of aromatic hydroxyl groups is 1. The summed E-state index contributed by atoms with van der Waals surface area (Å²) in [6.07, 6.45) is 3.41. The molecular weight excluding hydrogens is 240 g/mol. The first-order valence-electron chi connectivity index (χ1n) is 6.02. The van der Waals surface area contributed by atoms with E-state index < -0.39 is 0 Å². The molecule has 0 aliphatic heterocycles. The zero-order valence-electron chi connectivity index (χ0n) is 11.0. The lowest BCUT2D eigenvalue weighted by Gasteiger charge is -2.17. The van der Waals surface area contributed by atoms with E-state index in [2.05, 4.69) is 4.98 Å². The highest BCUT2D eigenvalue weighted by Gasteiger charge is 2.12. The number of nitrogens with zero attached hydrogens (tertiary/aromatic N) is 2. The van der Waals surface area contributed by atoms with Crippen LogP contribution < -0.4 is 0 Å². The van der Waals surface area contributed by atoms with E-state index in [-0.39, 0.29) is 11.7 Å². The van der Waals surface area contributed by atoms with E-state index in [1.165, 1.54) is 0 Å². The molecule has 0 saturated heterocycles. The highest BCUT2D eigenvalue weighted by atomic mass is 16.3. The zero-order chi connectivity index (χ0) is 13.8. The Labute approximate surface area is 112 Å². The third-order valence-corrected chi connectivity index (χ3v) is 2.96. The second-order valence-electron chi connectivity index (χ2n) is 4.52. The van der Waals surface area contributed by atoms with Gasteiger partial charge in [0.1, 0.15) is 5.75 Å². The summed E-state index contributed by atoms with van der Waals surface area (Å²) < 4.78 is 0. The van der Waals surface area contributed by atoms with Gasteiger partial charge >= 0.3 is 0 Å². The number of phenolic OH excluding ortho intramolecular Hbond substituents is 1. The predicted molar refractivity (Wildman–Crippen MR) is 72.9 cm³/mol. The van der Waals surface area contributed by atoms with Gasteiger partial charge in [0.2, 0.25) is 0 Å². The van der Waals surface area contributed by atoms with Crippen molar-refractivity contribution in [3.05, 3.63) is 59.4 Å².